The van der Waals surface area contributed by atoms with E-state index in [4.69, 9.17) is 25.9 Å². The Morgan fingerprint density at radius 1 is 1.34 bits per heavy atom. The molecule has 0 saturated carbocycles. The fraction of sp³-hybridized carbons (Fsp3) is 0.391. The number of carbonyl (C=O) groups is 1. The van der Waals surface area contributed by atoms with Crippen molar-refractivity contribution < 1.29 is 24.2 Å². The van der Waals surface area contributed by atoms with Gasteiger partial charge in [0, 0.05) is 30.6 Å². The molecular weight excluding hydrogens is 434 g/mol. The second-order valence-corrected chi connectivity index (χ2v) is 8.03. The standard InChI is InChI=1S/C23H26ClN3O5/c1-2-30-21(29)4-3-9-27-10-11-31-20-8-6-15(12-17(20)14-27)22-25-23(32-26-22)16-5-7-19(28)18(24)13-16/h5-8,12-13,22,26,28H,2-4,9-11,14H2,1H3. The third-order valence-corrected chi connectivity index (χ3v) is 5.63. The van der Waals surface area contributed by atoms with Crippen LogP contribution in [-0.2, 0) is 20.9 Å². The number of nitrogens with one attached hydrogen (secondary N) is 1. The average molecular weight is 460 g/mol. The molecule has 0 spiro atoms. The minimum Gasteiger partial charge on any atom is -0.506 e. The summed E-state index contributed by atoms with van der Waals surface area (Å²) in [5, 5.41) is 9.85. The molecule has 2 aliphatic rings. The highest BCUT2D eigenvalue weighted by Crippen LogP contribution is 2.30. The Balaban J connectivity index is 1.44. The normalized spacial score (nSPS) is 18.2. The number of ether oxygens (including phenoxy) is 2. The van der Waals surface area contributed by atoms with E-state index in [1.54, 1.807) is 12.1 Å². The molecular formula is C23H26ClN3O5. The van der Waals surface area contributed by atoms with Gasteiger partial charge in [0.1, 0.15) is 18.1 Å². The van der Waals surface area contributed by atoms with Gasteiger partial charge in [0.2, 0.25) is 5.90 Å². The molecule has 2 aliphatic heterocycles. The lowest BCUT2D eigenvalue weighted by Gasteiger charge is -2.19. The van der Waals surface area contributed by atoms with Gasteiger partial charge in [0.05, 0.1) is 11.6 Å². The van der Waals surface area contributed by atoms with E-state index >= 15 is 0 Å². The van der Waals surface area contributed by atoms with E-state index in [1.165, 1.54) is 6.07 Å². The Kier molecular flexibility index (Phi) is 7.14. The van der Waals surface area contributed by atoms with Crippen molar-refractivity contribution >= 4 is 23.5 Å². The highest BCUT2D eigenvalue weighted by molar-refractivity contribution is 6.32. The number of aromatic hydroxyl groups is 1. The summed E-state index contributed by atoms with van der Waals surface area (Å²) in [4.78, 5) is 24.0. The van der Waals surface area contributed by atoms with Crippen molar-refractivity contribution in [3.05, 3.63) is 58.1 Å². The van der Waals surface area contributed by atoms with Crippen LogP contribution in [0.2, 0.25) is 5.02 Å². The summed E-state index contributed by atoms with van der Waals surface area (Å²) in [6.07, 6.45) is 0.790. The van der Waals surface area contributed by atoms with Gasteiger partial charge in [-0.15, -0.1) is 5.48 Å². The van der Waals surface area contributed by atoms with E-state index in [2.05, 4.69) is 21.4 Å². The summed E-state index contributed by atoms with van der Waals surface area (Å²) in [5.74, 6) is 1.12. The number of hydrogen-bond acceptors (Lipinski definition) is 8. The maximum absolute atomic E-state index is 11.6. The van der Waals surface area contributed by atoms with Crippen molar-refractivity contribution in [2.24, 2.45) is 4.99 Å². The largest absolute Gasteiger partial charge is 0.506 e. The molecule has 0 bridgehead atoms. The molecule has 32 heavy (non-hydrogen) atoms. The Hall–Kier alpha value is -2.81. The van der Waals surface area contributed by atoms with Gasteiger partial charge >= 0.3 is 5.97 Å². The monoisotopic (exact) mass is 459 g/mol. The number of carbonyl (C=O) groups excluding carboxylic acids is 1. The summed E-state index contributed by atoms with van der Waals surface area (Å²) in [7, 11) is 0. The number of hydrogen-bond donors (Lipinski definition) is 2. The lowest BCUT2D eigenvalue weighted by atomic mass is 10.1. The molecule has 8 nitrogen and oxygen atoms in total. The number of rotatable bonds is 7. The predicted octanol–water partition coefficient (Wildman–Crippen LogP) is 3.56. The molecule has 2 aromatic carbocycles. The van der Waals surface area contributed by atoms with Gasteiger partial charge in [0.15, 0.2) is 6.17 Å². The van der Waals surface area contributed by atoms with Crippen LogP contribution in [0, 0.1) is 0 Å². The van der Waals surface area contributed by atoms with E-state index in [9.17, 15) is 9.90 Å². The number of hydroxylamine groups is 1. The molecule has 0 fully saturated rings. The van der Waals surface area contributed by atoms with Crippen LogP contribution < -0.4 is 10.2 Å². The highest BCUT2D eigenvalue weighted by Gasteiger charge is 2.24. The van der Waals surface area contributed by atoms with Crippen molar-refractivity contribution in [2.45, 2.75) is 32.5 Å². The maximum Gasteiger partial charge on any atom is 0.305 e. The quantitative estimate of drug-likeness (QED) is 0.611. The molecule has 2 aromatic rings. The SMILES string of the molecule is CCOC(=O)CCCN1CCOc2ccc(C3N=C(c4ccc(O)c(Cl)c4)ON3)cc2C1. The van der Waals surface area contributed by atoms with Gasteiger partial charge < -0.3 is 19.4 Å². The molecule has 4 rings (SSSR count). The van der Waals surface area contributed by atoms with Crippen molar-refractivity contribution in [3.8, 4) is 11.5 Å². The molecule has 0 radical (unpaired) electrons. The van der Waals surface area contributed by atoms with Gasteiger partial charge in [-0.2, -0.15) is 0 Å². The lowest BCUT2D eigenvalue weighted by molar-refractivity contribution is -0.143. The van der Waals surface area contributed by atoms with Gasteiger partial charge in [-0.05, 0) is 55.8 Å². The Morgan fingerprint density at radius 3 is 3.03 bits per heavy atom. The van der Waals surface area contributed by atoms with Crippen LogP contribution in [0.15, 0.2) is 41.4 Å². The highest BCUT2D eigenvalue weighted by atomic mass is 35.5. The zero-order valence-electron chi connectivity index (χ0n) is 17.8. The van der Waals surface area contributed by atoms with Crippen LogP contribution >= 0.6 is 11.6 Å². The lowest BCUT2D eigenvalue weighted by Crippen LogP contribution is -2.27. The fourth-order valence-electron chi connectivity index (χ4n) is 3.71. The zero-order valence-corrected chi connectivity index (χ0v) is 18.6. The van der Waals surface area contributed by atoms with Crippen molar-refractivity contribution in [2.75, 3.05) is 26.3 Å². The maximum atomic E-state index is 11.6. The number of phenols is 1. The topological polar surface area (TPSA) is 92.6 Å². The van der Waals surface area contributed by atoms with E-state index in [-0.39, 0.29) is 22.9 Å². The van der Waals surface area contributed by atoms with Gasteiger partial charge in [-0.25, -0.2) is 4.99 Å². The van der Waals surface area contributed by atoms with Crippen LogP contribution in [0.3, 0.4) is 0 Å². The molecule has 0 amide bonds. The third-order valence-electron chi connectivity index (χ3n) is 5.33. The smallest absolute Gasteiger partial charge is 0.305 e. The first kappa shape index (κ1) is 22.4. The molecule has 1 atom stereocenters. The summed E-state index contributed by atoms with van der Waals surface area (Å²) in [5.41, 5.74) is 5.62. The first-order valence-corrected chi connectivity index (χ1v) is 11.0. The second kappa shape index (κ2) is 10.2. The van der Waals surface area contributed by atoms with Crippen LogP contribution in [0.25, 0.3) is 0 Å². The van der Waals surface area contributed by atoms with E-state index in [0.29, 0.717) is 31.1 Å². The number of nitrogens with zero attached hydrogens (tertiary/aromatic N) is 2. The van der Waals surface area contributed by atoms with Crippen LogP contribution in [0.5, 0.6) is 11.5 Å². The van der Waals surface area contributed by atoms with Crippen molar-refractivity contribution in [1.82, 2.24) is 10.4 Å². The first-order valence-electron chi connectivity index (χ1n) is 10.7. The van der Waals surface area contributed by atoms with Crippen molar-refractivity contribution in [3.63, 3.8) is 0 Å². The van der Waals surface area contributed by atoms with Crippen LogP contribution in [-0.4, -0.2) is 48.2 Å². The van der Waals surface area contributed by atoms with E-state index < -0.39 is 0 Å². The van der Waals surface area contributed by atoms with Crippen LogP contribution in [0.4, 0.5) is 0 Å². The molecule has 0 saturated heterocycles. The second-order valence-electron chi connectivity index (χ2n) is 7.62. The summed E-state index contributed by atoms with van der Waals surface area (Å²) >= 11 is 6.00. The molecule has 0 aromatic heterocycles. The molecule has 9 heteroatoms. The number of esters is 1. The Labute approximate surface area is 191 Å². The van der Waals surface area contributed by atoms with Crippen LogP contribution in [0.1, 0.15) is 42.6 Å². The minimum atomic E-state index is -0.372. The average Bonchev–Trinajstić information content (AvgIpc) is 3.18. The molecule has 170 valence electrons. The van der Waals surface area contributed by atoms with E-state index in [0.717, 1.165) is 42.9 Å². The zero-order chi connectivity index (χ0) is 22.5. The van der Waals surface area contributed by atoms with E-state index in [1.807, 2.05) is 19.1 Å². The molecule has 2 heterocycles. The predicted molar refractivity (Wildman–Crippen MR) is 120 cm³/mol. The number of aliphatic imine (C=N–C) groups is 1. The Morgan fingerprint density at radius 2 is 2.22 bits per heavy atom. The number of fused-ring (bicyclic) bond motifs is 1. The molecule has 2 N–H and O–H groups in total. The Bertz CT molecular complexity index is 1010. The summed E-state index contributed by atoms with van der Waals surface area (Å²) in [6.45, 7) is 5.14. The number of phenolic OH excluding ortho intramolecular Hbond substituents is 1. The fourth-order valence-corrected chi connectivity index (χ4v) is 3.89. The van der Waals surface area contributed by atoms with Gasteiger partial charge in [-0.1, -0.05) is 17.7 Å². The molecule has 0 aliphatic carbocycles. The molecule has 1 unspecified atom stereocenters. The van der Waals surface area contributed by atoms with Gasteiger partial charge in [0.25, 0.3) is 0 Å². The third kappa shape index (κ3) is 5.32. The summed E-state index contributed by atoms with van der Waals surface area (Å²) < 4.78 is 10.9. The first-order chi connectivity index (χ1) is 15.5. The van der Waals surface area contributed by atoms with Crippen molar-refractivity contribution in [1.29, 1.82) is 0 Å². The number of halogens is 1. The number of benzene rings is 2. The van der Waals surface area contributed by atoms with Gasteiger partial charge in [-0.3, -0.25) is 9.69 Å². The summed E-state index contributed by atoms with van der Waals surface area (Å²) in [6, 6.07) is 10.8. The minimum absolute atomic E-state index is 0.0103.